The molecule has 0 fully saturated rings. The molecule has 1 heterocycles. The van der Waals surface area contributed by atoms with Crippen LogP contribution in [0.1, 0.15) is 15.9 Å². The fourth-order valence-electron chi connectivity index (χ4n) is 2.00. The van der Waals surface area contributed by atoms with Gasteiger partial charge in [-0.3, -0.25) is 0 Å². The van der Waals surface area contributed by atoms with E-state index in [2.05, 4.69) is 15.2 Å². The zero-order chi connectivity index (χ0) is 16.1. The molecule has 0 saturated heterocycles. The van der Waals surface area contributed by atoms with E-state index < -0.39 is 5.97 Å². The molecule has 0 aliphatic heterocycles. The Morgan fingerprint density at radius 1 is 1.09 bits per heavy atom. The summed E-state index contributed by atoms with van der Waals surface area (Å²) in [5.74, 6) is -0.239. The first-order valence-corrected chi connectivity index (χ1v) is 6.91. The van der Waals surface area contributed by atoms with E-state index in [9.17, 15) is 4.79 Å². The third-order valence-electron chi connectivity index (χ3n) is 3.22. The molecule has 0 saturated carbocycles. The molecule has 0 spiro atoms. The average molecular weight is 307 g/mol. The topological polar surface area (TPSA) is 88.0 Å². The van der Waals surface area contributed by atoms with E-state index in [1.807, 2.05) is 24.3 Å². The highest BCUT2D eigenvalue weighted by Crippen LogP contribution is 2.22. The van der Waals surface area contributed by atoms with Gasteiger partial charge in [0.15, 0.2) is 12.2 Å². The Morgan fingerprint density at radius 2 is 1.83 bits per heavy atom. The maximum absolute atomic E-state index is 10.8. The highest BCUT2D eigenvalue weighted by atomic mass is 16.4. The van der Waals surface area contributed by atoms with Crippen LogP contribution in [0.3, 0.4) is 0 Å². The van der Waals surface area contributed by atoms with Crippen molar-refractivity contribution in [2.24, 2.45) is 10.2 Å². The number of aromatic carboxylic acids is 1. The molecule has 0 radical (unpaired) electrons. The highest BCUT2D eigenvalue weighted by Gasteiger charge is 2.02. The molecule has 6 nitrogen and oxygen atoms in total. The molecule has 23 heavy (non-hydrogen) atoms. The molecule has 3 aromatic rings. The molecule has 2 aromatic carbocycles. The third kappa shape index (κ3) is 3.68. The summed E-state index contributed by atoms with van der Waals surface area (Å²) in [5.41, 5.74) is 2.81. The van der Waals surface area contributed by atoms with E-state index in [-0.39, 0.29) is 5.56 Å². The van der Waals surface area contributed by atoms with Crippen LogP contribution in [0.2, 0.25) is 0 Å². The summed E-state index contributed by atoms with van der Waals surface area (Å²) in [6.07, 6.45) is 3.04. The molecule has 0 amide bonds. The van der Waals surface area contributed by atoms with Crippen LogP contribution in [-0.4, -0.2) is 16.1 Å². The minimum absolute atomic E-state index is 0.258. The maximum atomic E-state index is 10.8. The number of hydrogen-bond donors (Lipinski definition) is 1. The van der Waals surface area contributed by atoms with Gasteiger partial charge in [-0.2, -0.15) is 10.2 Å². The van der Waals surface area contributed by atoms with Gasteiger partial charge in [0.05, 0.1) is 24.0 Å². The largest absolute Gasteiger partial charge is 0.478 e. The lowest BCUT2D eigenvalue weighted by molar-refractivity contribution is 0.0697. The minimum Gasteiger partial charge on any atom is -0.478 e. The van der Waals surface area contributed by atoms with Gasteiger partial charge in [0.25, 0.3) is 0 Å². The minimum atomic E-state index is -0.940. The number of azo groups is 1. The highest BCUT2D eigenvalue weighted by molar-refractivity contribution is 5.87. The normalized spacial score (nSPS) is 11.0. The maximum Gasteiger partial charge on any atom is 0.335 e. The van der Waals surface area contributed by atoms with Gasteiger partial charge in [0.2, 0.25) is 0 Å². The van der Waals surface area contributed by atoms with Gasteiger partial charge in [-0.05, 0) is 42.0 Å². The summed E-state index contributed by atoms with van der Waals surface area (Å²) in [6.45, 7) is 0.393. The summed E-state index contributed by atoms with van der Waals surface area (Å²) in [5, 5.41) is 17.1. The molecular formula is C17H13N3O3. The van der Waals surface area contributed by atoms with E-state index in [1.54, 1.807) is 30.5 Å². The van der Waals surface area contributed by atoms with Crippen molar-refractivity contribution >= 4 is 11.7 Å². The lowest BCUT2D eigenvalue weighted by Gasteiger charge is -1.98. The number of carboxylic acids is 1. The van der Waals surface area contributed by atoms with Crippen molar-refractivity contribution in [3.63, 3.8) is 0 Å². The molecule has 0 bridgehead atoms. The van der Waals surface area contributed by atoms with Crippen LogP contribution in [0.15, 0.2) is 75.8 Å². The summed E-state index contributed by atoms with van der Waals surface area (Å²) in [4.78, 5) is 14.6. The molecule has 114 valence electrons. The molecule has 0 aliphatic carbocycles. The Labute approximate surface area is 132 Å². The number of carbonyl (C=O) groups is 1. The van der Waals surface area contributed by atoms with Crippen molar-refractivity contribution in [1.82, 2.24) is 4.98 Å². The van der Waals surface area contributed by atoms with Gasteiger partial charge in [0.1, 0.15) is 0 Å². The van der Waals surface area contributed by atoms with Crippen LogP contribution in [0.4, 0.5) is 5.69 Å². The van der Waals surface area contributed by atoms with Crippen molar-refractivity contribution in [2.45, 2.75) is 6.54 Å². The Bertz CT molecular complexity index is 807. The monoisotopic (exact) mass is 307 g/mol. The SMILES string of the molecule is O=C(O)c1ccc(CN=Nc2ccc(-c3cnco3)cc2)cc1. The summed E-state index contributed by atoms with van der Waals surface area (Å²) < 4.78 is 5.22. The first-order chi connectivity index (χ1) is 11.2. The lowest BCUT2D eigenvalue weighted by atomic mass is 10.1. The molecule has 1 aromatic heterocycles. The zero-order valence-electron chi connectivity index (χ0n) is 12.1. The number of benzene rings is 2. The van der Waals surface area contributed by atoms with Crippen LogP contribution < -0.4 is 0 Å². The summed E-state index contributed by atoms with van der Waals surface area (Å²) in [7, 11) is 0. The first-order valence-electron chi connectivity index (χ1n) is 6.91. The van der Waals surface area contributed by atoms with Crippen molar-refractivity contribution < 1.29 is 14.3 Å². The predicted molar refractivity (Wildman–Crippen MR) is 83.6 cm³/mol. The fraction of sp³-hybridized carbons (Fsp3) is 0.0588. The average Bonchev–Trinajstić information content (AvgIpc) is 3.10. The van der Waals surface area contributed by atoms with Crippen LogP contribution in [0.25, 0.3) is 11.3 Å². The van der Waals surface area contributed by atoms with Crippen LogP contribution >= 0.6 is 0 Å². The van der Waals surface area contributed by atoms with Crippen molar-refractivity contribution in [2.75, 3.05) is 0 Å². The first kappa shape index (κ1) is 14.6. The third-order valence-corrected chi connectivity index (χ3v) is 3.22. The standard InChI is InChI=1S/C17H13N3O3/c21-17(22)14-3-1-12(2-4-14)9-19-20-15-7-5-13(6-8-15)16-10-18-11-23-16/h1-8,10-11H,9H2,(H,21,22). The van der Waals surface area contributed by atoms with Gasteiger partial charge >= 0.3 is 5.97 Å². The fourth-order valence-corrected chi connectivity index (χ4v) is 2.00. The summed E-state index contributed by atoms with van der Waals surface area (Å²) in [6, 6.07) is 14.0. The number of aromatic nitrogens is 1. The molecular weight excluding hydrogens is 294 g/mol. The second kappa shape index (κ2) is 6.65. The predicted octanol–water partition coefficient (Wildman–Crippen LogP) is 4.32. The number of nitrogens with zero attached hydrogens (tertiary/aromatic N) is 3. The quantitative estimate of drug-likeness (QED) is 0.711. The summed E-state index contributed by atoms with van der Waals surface area (Å²) >= 11 is 0. The molecule has 0 atom stereocenters. The molecule has 1 N–H and O–H groups in total. The van der Waals surface area contributed by atoms with E-state index >= 15 is 0 Å². The smallest absolute Gasteiger partial charge is 0.335 e. The Morgan fingerprint density at radius 3 is 2.43 bits per heavy atom. The van der Waals surface area contributed by atoms with Crippen LogP contribution in [0, 0.1) is 0 Å². The number of oxazole rings is 1. The van der Waals surface area contributed by atoms with Gasteiger partial charge in [0, 0.05) is 5.56 Å². The second-order valence-electron chi connectivity index (χ2n) is 4.81. The van der Waals surface area contributed by atoms with Gasteiger partial charge < -0.3 is 9.52 Å². The van der Waals surface area contributed by atoms with Gasteiger partial charge in [-0.25, -0.2) is 9.78 Å². The van der Waals surface area contributed by atoms with Gasteiger partial charge in [-0.15, -0.1) is 0 Å². The van der Waals surface area contributed by atoms with E-state index in [0.29, 0.717) is 12.3 Å². The Balaban J connectivity index is 1.62. The molecule has 0 unspecified atom stereocenters. The van der Waals surface area contributed by atoms with Crippen molar-refractivity contribution in [3.8, 4) is 11.3 Å². The van der Waals surface area contributed by atoms with E-state index in [0.717, 1.165) is 16.8 Å². The van der Waals surface area contributed by atoms with E-state index in [1.165, 1.54) is 6.39 Å². The lowest BCUT2D eigenvalue weighted by Crippen LogP contribution is -1.95. The number of hydrogen-bond acceptors (Lipinski definition) is 5. The zero-order valence-corrected chi connectivity index (χ0v) is 12.1. The molecule has 0 aliphatic rings. The van der Waals surface area contributed by atoms with Gasteiger partial charge in [-0.1, -0.05) is 12.1 Å². The van der Waals surface area contributed by atoms with Crippen molar-refractivity contribution in [1.29, 1.82) is 0 Å². The van der Waals surface area contributed by atoms with Crippen LogP contribution in [0.5, 0.6) is 0 Å². The van der Waals surface area contributed by atoms with E-state index in [4.69, 9.17) is 9.52 Å². The molecule has 3 rings (SSSR count). The number of carboxylic acid groups (broad SMARTS) is 1. The Hall–Kier alpha value is -3.28. The second-order valence-corrected chi connectivity index (χ2v) is 4.81. The number of rotatable bonds is 5. The van der Waals surface area contributed by atoms with Crippen LogP contribution in [-0.2, 0) is 6.54 Å². The molecule has 6 heteroatoms. The Kier molecular flexibility index (Phi) is 4.24. The van der Waals surface area contributed by atoms with Crippen molar-refractivity contribution in [3.05, 3.63) is 72.2 Å².